The van der Waals surface area contributed by atoms with Crippen molar-refractivity contribution in [3.63, 3.8) is 0 Å². The molecule has 0 amide bonds. The molecule has 0 saturated carbocycles. The topological polar surface area (TPSA) is 61.9 Å². The highest BCUT2D eigenvalue weighted by Crippen LogP contribution is 2.07. The van der Waals surface area contributed by atoms with Crippen LogP contribution in [0.4, 0.5) is 0 Å². The second-order valence-electron chi connectivity index (χ2n) is 3.35. The van der Waals surface area contributed by atoms with Gasteiger partial charge in [-0.25, -0.2) is 0 Å². The summed E-state index contributed by atoms with van der Waals surface area (Å²) in [5.41, 5.74) is 1.69. The van der Waals surface area contributed by atoms with Gasteiger partial charge in [0.05, 0.1) is 24.4 Å². The molecule has 1 aromatic carbocycles. The number of aromatic nitrogens is 1. The van der Waals surface area contributed by atoms with Gasteiger partial charge in [-0.2, -0.15) is 5.26 Å². The van der Waals surface area contributed by atoms with Crippen LogP contribution in [0.15, 0.2) is 41.1 Å². The van der Waals surface area contributed by atoms with Crippen molar-refractivity contribution >= 4 is 0 Å². The summed E-state index contributed by atoms with van der Waals surface area (Å²) >= 11 is 0. The molecule has 0 fully saturated rings. The first-order chi connectivity index (χ1) is 7.90. The molecule has 0 spiro atoms. The van der Waals surface area contributed by atoms with Crippen LogP contribution >= 0.6 is 0 Å². The lowest BCUT2D eigenvalue weighted by Crippen LogP contribution is -2.13. The number of nitriles is 1. The number of rotatable bonds is 4. The molecule has 0 atom stereocenters. The van der Waals surface area contributed by atoms with Crippen molar-refractivity contribution in [3.05, 3.63) is 53.4 Å². The molecule has 1 heterocycles. The van der Waals surface area contributed by atoms with Crippen LogP contribution in [-0.4, -0.2) is 5.16 Å². The van der Waals surface area contributed by atoms with Gasteiger partial charge in [-0.1, -0.05) is 23.4 Å². The number of hydrogen-bond donors (Lipinski definition) is 1. The zero-order valence-electron chi connectivity index (χ0n) is 8.68. The summed E-state index contributed by atoms with van der Waals surface area (Å²) in [5, 5.41) is 15.7. The lowest BCUT2D eigenvalue weighted by atomic mass is 10.1. The molecule has 1 aromatic heterocycles. The van der Waals surface area contributed by atoms with Gasteiger partial charge in [0.2, 0.25) is 0 Å². The van der Waals surface area contributed by atoms with Gasteiger partial charge in [0.25, 0.3) is 0 Å². The van der Waals surface area contributed by atoms with Crippen LogP contribution in [0.1, 0.15) is 16.9 Å². The largest absolute Gasteiger partial charge is 0.360 e. The second kappa shape index (κ2) is 5.10. The Labute approximate surface area is 93.5 Å². The van der Waals surface area contributed by atoms with Crippen molar-refractivity contribution in [2.24, 2.45) is 0 Å². The summed E-state index contributed by atoms with van der Waals surface area (Å²) in [6.45, 7) is 1.25. The number of benzene rings is 1. The van der Waals surface area contributed by atoms with E-state index in [1.165, 1.54) is 0 Å². The number of nitrogens with zero attached hydrogens (tertiary/aromatic N) is 2. The maximum absolute atomic E-state index is 8.90. The van der Waals surface area contributed by atoms with Crippen molar-refractivity contribution in [2.45, 2.75) is 13.1 Å². The summed E-state index contributed by atoms with van der Waals surface area (Å²) < 4.78 is 4.95. The van der Waals surface area contributed by atoms with Gasteiger partial charge in [0, 0.05) is 12.6 Å². The Hall–Kier alpha value is -2.12. The summed E-state index contributed by atoms with van der Waals surface area (Å²) in [5.74, 6) is 0.787. The maximum Gasteiger partial charge on any atom is 0.150 e. The fraction of sp³-hybridized carbons (Fsp3) is 0.167. The van der Waals surface area contributed by atoms with E-state index >= 15 is 0 Å². The van der Waals surface area contributed by atoms with Gasteiger partial charge in [-0.15, -0.1) is 0 Å². The van der Waals surface area contributed by atoms with E-state index < -0.39 is 0 Å². The Balaban J connectivity index is 1.93. The molecule has 16 heavy (non-hydrogen) atoms. The highest BCUT2D eigenvalue weighted by atomic mass is 16.5. The molecule has 2 aromatic rings. The van der Waals surface area contributed by atoms with Crippen LogP contribution < -0.4 is 5.32 Å². The summed E-state index contributed by atoms with van der Waals surface area (Å²) in [6, 6.07) is 11.5. The van der Waals surface area contributed by atoms with E-state index in [4.69, 9.17) is 9.78 Å². The van der Waals surface area contributed by atoms with Crippen LogP contribution in [0.25, 0.3) is 0 Å². The molecule has 0 aliphatic carbocycles. The molecular weight excluding hydrogens is 202 g/mol. The van der Waals surface area contributed by atoms with E-state index in [9.17, 15) is 0 Å². The van der Waals surface area contributed by atoms with Gasteiger partial charge in [0.1, 0.15) is 5.76 Å². The van der Waals surface area contributed by atoms with E-state index in [0.29, 0.717) is 18.7 Å². The molecular formula is C12H11N3O. The first kappa shape index (κ1) is 10.4. The predicted molar refractivity (Wildman–Crippen MR) is 58.2 cm³/mol. The first-order valence-corrected chi connectivity index (χ1v) is 4.98. The van der Waals surface area contributed by atoms with Crippen LogP contribution in [0, 0.1) is 11.3 Å². The first-order valence-electron chi connectivity index (χ1n) is 4.98. The fourth-order valence-corrected chi connectivity index (χ4v) is 1.44. The van der Waals surface area contributed by atoms with E-state index in [2.05, 4.69) is 16.5 Å². The van der Waals surface area contributed by atoms with Crippen molar-refractivity contribution in [3.8, 4) is 6.07 Å². The molecule has 0 unspecified atom stereocenters. The average Bonchev–Trinajstić information content (AvgIpc) is 2.83. The maximum atomic E-state index is 8.90. The monoisotopic (exact) mass is 213 g/mol. The number of nitrogens with one attached hydrogen (secondary N) is 1. The molecule has 2 rings (SSSR count). The normalized spacial score (nSPS) is 9.94. The Morgan fingerprint density at radius 1 is 1.25 bits per heavy atom. The summed E-state index contributed by atoms with van der Waals surface area (Å²) in [7, 11) is 0. The van der Waals surface area contributed by atoms with Crippen molar-refractivity contribution in [1.29, 1.82) is 5.26 Å². The van der Waals surface area contributed by atoms with E-state index in [1.54, 1.807) is 6.20 Å². The van der Waals surface area contributed by atoms with Crippen molar-refractivity contribution in [2.75, 3.05) is 0 Å². The van der Waals surface area contributed by atoms with Crippen LogP contribution in [0.3, 0.4) is 0 Å². The molecule has 0 bridgehead atoms. The molecule has 0 saturated heterocycles. The third kappa shape index (κ3) is 2.47. The number of hydrogen-bond acceptors (Lipinski definition) is 4. The van der Waals surface area contributed by atoms with Gasteiger partial charge in [0.15, 0.2) is 0 Å². The smallest absolute Gasteiger partial charge is 0.150 e. The molecule has 0 aliphatic rings. The van der Waals surface area contributed by atoms with Gasteiger partial charge < -0.3 is 9.84 Å². The second-order valence-corrected chi connectivity index (χ2v) is 3.35. The summed E-state index contributed by atoms with van der Waals surface area (Å²) in [6.07, 6.45) is 1.61. The molecule has 80 valence electrons. The highest BCUT2D eigenvalue weighted by molar-refractivity contribution is 5.37. The van der Waals surface area contributed by atoms with E-state index in [1.807, 2.05) is 30.3 Å². The third-order valence-corrected chi connectivity index (χ3v) is 2.24. The van der Waals surface area contributed by atoms with Crippen LogP contribution in [-0.2, 0) is 13.1 Å². The van der Waals surface area contributed by atoms with Gasteiger partial charge >= 0.3 is 0 Å². The van der Waals surface area contributed by atoms with Crippen molar-refractivity contribution in [1.82, 2.24) is 10.5 Å². The minimum absolute atomic E-state index is 0.611. The zero-order valence-corrected chi connectivity index (χ0v) is 8.68. The third-order valence-electron chi connectivity index (χ3n) is 2.24. The molecule has 0 radical (unpaired) electrons. The molecule has 0 aliphatic heterocycles. The van der Waals surface area contributed by atoms with Gasteiger partial charge in [-0.05, 0) is 11.6 Å². The SMILES string of the molecule is N#Cc1ccccc1CNCc1ccno1. The van der Waals surface area contributed by atoms with Crippen LogP contribution in [0.5, 0.6) is 0 Å². The quantitative estimate of drug-likeness (QED) is 0.841. The lowest BCUT2D eigenvalue weighted by molar-refractivity contribution is 0.373. The van der Waals surface area contributed by atoms with E-state index in [0.717, 1.165) is 11.3 Å². The Bertz CT molecular complexity index is 485. The minimum atomic E-state index is 0.611. The predicted octanol–water partition coefficient (Wildman–Crippen LogP) is 1.84. The van der Waals surface area contributed by atoms with Crippen molar-refractivity contribution < 1.29 is 4.52 Å². The summed E-state index contributed by atoms with van der Waals surface area (Å²) in [4.78, 5) is 0. The average molecular weight is 213 g/mol. The standard InChI is InChI=1S/C12H11N3O/c13-7-10-3-1-2-4-11(10)8-14-9-12-5-6-15-16-12/h1-6,14H,8-9H2. The molecule has 4 nitrogen and oxygen atoms in total. The fourth-order valence-electron chi connectivity index (χ4n) is 1.44. The Morgan fingerprint density at radius 3 is 2.88 bits per heavy atom. The lowest BCUT2D eigenvalue weighted by Gasteiger charge is -2.04. The molecule has 4 heteroatoms. The Morgan fingerprint density at radius 2 is 2.12 bits per heavy atom. The van der Waals surface area contributed by atoms with Gasteiger partial charge in [-0.3, -0.25) is 0 Å². The highest BCUT2D eigenvalue weighted by Gasteiger charge is 2.01. The minimum Gasteiger partial charge on any atom is -0.360 e. The Kier molecular flexibility index (Phi) is 3.31. The molecule has 1 N–H and O–H groups in total. The zero-order chi connectivity index (χ0) is 11.2. The van der Waals surface area contributed by atoms with Crippen LogP contribution in [0.2, 0.25) is 0 Å². The van der Waals surface area contributed by atoms with E-state index in [-0.39, 0.29) is 0 Å².